The summed E-state index contributed by atoms with van der Waals surface area (Å²) in [4.78, 5) is 0. The van der Waals surface area contributed by atoms with Crippen LogP contribution < -0.4 is 0 Å². The van der Waals surface area contributed by atoms with Crippen LogP contribution in [0, 0.1) is 5.92 Å². The van der Waals surface area contributed by atoms with E-state index in [-0.39, 0.29) is 16.9 Å². The second-order valence-electron chi connectivity index (χ2n) is 3.95. The highest BCUT2D eigenvalue weighted by atomic mass is 35.5. The monoisotopic (exact) mass is 224 g/mol. The maximum atomic E-state index is 11.6. The zero-order chi connectivity index (χ0) is 9.90. The summed E-state index contributed by atoms with van der Waals surface area (Å²) in [7, 11) is -2.90. The van der Waals surface area contributed by atoms with Crippen LogP contribution in [0.5, 0.6) is 0 Å². The summed E-state index contributed by atoms with van der Waals surface area (Å²) >= 11 is 5.46. The van der Waals surface area contributed by atoms with Gasteiger partial charge in [-0.15, -0.1) is 11.6 Å². The molecule has 2 nitrogen and oxygen atoms in total. The van der Waals surface area contributed by atoms with Gasteiger partial charge in [-0.1, -0.05) is 19.8 Å². The summed E-state index contributed by atoms with van der Waals surface area (Å²) in [5, 5.41) is -0.116. The molecule has 0 aromatic heterocycles. The molecule has 0 spiro atoms. The van der Waals surface area contributed by atoms with E-state index in [4.69, 9.17) is 11.6 Å². The summed E-state index contributed by atoms with van der Waals surface area (Å²) in [6.07, 6.45) is 3.89. The average Bonchev–Trinajstić information content (AvgIpc) is 2.04. The molecule has 0 heterocycles. The average molecular weight is 225 g/mol. The number of alkyl halides is 1. The van der Waals surface area contributed by atoms with Crippen LogP contribution in [0.15, 0.2) is 0 Å². The second kappa shape index (κ2) is 4.65. The van der Waals surface area contributed by atoms with E-state index in [0.29, 0.717) is 5.92 Å². The van der Waals surface area contributed by atoms with Crippen LogP contribution in [-0.2, 0) is 9.84 Å². The highest BCUT2D eigenvalue weighted by Gasteiger charge is 2.29. The number of hydrogen-bond donors (Lipinski definition) is 0. The van der Waals surface area contributed by atoms with Gasteiger partial charge in [0.05, 0.1) is 11.0 Å². The van der Waals surface area contributed by atoms with Crippen LogP contribution >= 0.6 is 11.6 Å². The van der Waals surface area contributed by atoms with Gasteiger partial charge in [0.2, 0.25) is 0 Å². The molecule has 1 aliphatic carbocycles. The van der Waals surface area contributed by atoms with Gasteiger partial charge in [-0.25, -0.2) is 8.42 Å². The van der Waals surface area contributed by atoms with Crippen molar-refractivity contribution in [3.63, 3.8) is 0 Å². The molecular formula is C9H17ClO2S. The maximum Gasteiger partial charge on any atom is 0.154 e. The molecule has 1 aliphatic rings. The van der Waals surface area contributed by atoms with Crippen molar-refractivity contribution in [2.45, 2.75) is 37.9 Å². The van der Waals surface area contributed by atoms with Crippen molar-refractivity contribution in [2.24, 2.45) is 5.92 Å². The topological polar surface area (TPSA) is 34.1 Å². The van der Waals surface area contributed by atoms with E-state index in [1.54, 1.807) is 0 Å². The van der Waals surface area contributed by atoms with E-state index in [2.05, 4.69) is 6.92 Å². The van der Waals surface area contributed by atoms with Gasteiger partial charge >= 0.3 is 0 Å². The first kappa shape index (κ1) is 11.3. The van der Waals surface area contributed by atoms with Gasteiger partial charge in [0.25, 0.3) is 0 Å². The Morgan fingerprint density at radius 1 is 1.38 bits per heavy atom. The highest BCUT2D eigenvalue weighted by molar-refractivity contribution is 7.92. The standard InChI is InChI=1S/C9H17ClO2S/c1-8-3-2-4-9(7-8)13(11,12)6-5-10/h8-9H,2-7H2,1H3. The Bertz CT molecular complexity index is 248. The van der Waals surface area contributed by atoms with Gasteiger partial charge in [0, 0.05) is 5.88 Å². The minimum atomic E-state index is -2.90. The minimum Gasteiger partial charge on any atom is -0.229 e. The first-order valence-corrected chi connectivity index (χ1v) is 7.09. The molecule has 0 bridgehead atoms. The number of rotatable bonds is 3. The van der Waals surface area contributed by atoms with E-state index < -0.39 is 9.84 Å². The molecular weight excluding hydrogens is 208 g/mol. The van der Waals surface area contributed by atoms with Crippen LogP contribution in [0.1, 0.15) is 32.6 Å². The summed E-state index contributed by atoms with van der Waals surface area (Å²) in [5.41, 5.74) is 0. The van der Waals surface area contributed by atoms with Crippen molar-refractivity contribution < 1.29 is 8.42 Å². The van der Waals surface area contributed by atoms with E-state index in [1.165, 1.54) is 6.42 Å². The molecule has 1 saturated carbocycles. The molecule has 0 aromatic carbocycles. The Hall–Kier alpha value is 0.240. The molecule has 4 heteroatoms. The largest absolute Gasteiger partial charge is 0.229 e. The molecule has 13 heavy (non-hydrogen) atoms. The normalized spacial score (nSPS) is 30.3. The first-order chi connectivity index (χ1) is 6.06. The lowest BCUT2D eigenvalue weighted by atomic mass is 9.91. The first-order valence-electron chi connectivity index (χ1n) is 4.84. The van der Waals surface area contributed by atoms with Crippen molar-refractivity contribution in [3.8, 4) is 0 Å². The Balaban J connectivity index is 2.60. The third kappa shape index (κ3) is 3.13. The van der Waals surface area contributed by atoms with Gasteiger partial charge in [-0.3, -0.25) is 0 Å². The van der Waals surface area contributed by atoms with E-state index >= 15 is 0 Å². The van der Waals surface area contributed by atoms with Crippen LogP contribution in [-0.4, -0.2) is 25.3 Å². The fourth-order valence-corrected chi connectivity index (χ4v) is 4.32. The number of halogens is 1. The van der Waals surface area contributed by atoms with Crippen LogP contribution in [0.2, 0.25) is 0 Å². The van der Waals surface area contributed by atoms with Crippen molar-refractivity contribution in [2.75, 3.05) is 11.6 Å². The molecule has 1 fully saturated rings. The molecule has 0 aromatic rings. The summed E-state index contributed by atoms with van der Waals surface area (Å²) in [6, 6.07) is 0. The second-order valence-corrected chi connectivity index (χ2v) is 6.73. The van der Waals surface area contributed by atoms with Crippen molar-refractivity contribution in [3.05, 3.63) is 0 Å². The van der Waals surface area contributed by atoms with E-state index in [1.807, 2.05) is 0 Å². The molecule has 78 valence electrons. The van der Waals surface area contributed by atoms with Crippen LogP contribution in [0.25, 0.3) is 0 Å². The zero-order valence-corrected chi connectivity index (χ0v) is 9.57. The minimum absolute atomic E-state index is 0.116. The molecule has 0 amide bonds. The summed E-state index contributed by atoms with van der Waals surface area (Å²) in [5.74, 6) is 0.933. The van der Waals surface area contributed by atoms with Crippen LogP contribution in [0.4, 0.5) is 0 Å². The fraction of sp³-hybridized carbons (Fsp3) is 1.00. The maximum absolute atomic E-state index is 11.6. The van der Waals surface area contributed by atoms with Gasteiger partial charge in [0.1, 0.15) is 0 Å². The molecule has 0 saturated heterocycles. The number of hydrogen-bond acceptors (Lipinski definition) is 2. The molecule has 2 atom stereocenters. The smallest absolute Gasteiger partial charge is 0.154 e. The quantitative estimate of drug-likeness (QED) is 0.689. The van der Waals surface area contributed by atoms with E-state index in [0.717, 1.165) is 19.3 Å². The van der Waals surface area contributed by atoms with Crippen molar-refractivity contribution in [1.29, 1.82) is 0 Å². The molecule has 0 radical (unpaired) electrons. The number of sulfone groups is 1. The molecule has 1 rings (SSSR count). The van der Waals surface area contributed by atoms with Crippen molar-refractivity contribution >= 4 is 21.4 Å². The summed E-state index contributed by atoms with van der Waals surface area (Å²) in [6.45, 7) is 2.13. The SMILES string of the molecule is CC1CCCC(S(=O)(=O)CCCl)C1. The third-order valence-corrected chi connectivity index (χ3v) is 5.39. The lowest BCUT2D eigenvalue weighted by molar-refractivity contribution is 0.382. The van der Waals surface area contributed by atoms with Gasteiger partial charge in [0.15, 0.2) is 9.84 Å². The molecule has 2 unspecified atom stereocenters. The fourth-order valence-electron chi connectivity index (χ4n) is 1.98. The predicted octanol–water partition coefficient (Wildman–Crippen LogP) is 2.22. The highest BCUT2D eigenvalue weighted by Crippen LogP contribution is 2.28. The van der Waals surface area contributed by atoms with Crippen molar-refractivity contribution in [1.82, 2.24) is 0 Å². The lowest BCUT2D eigenvalue weighted by Crippen LogP contribution is -2.29. The zero-order valence-electron chi connectivity index (χ0n) is 8.00. The molecule has 0 aliphatic heterocycles. The predicted molar refractivity (Wildman–Crippen MR) is 55.9 cm³/mol. The molecule has 0 N–H and O–H groups in total. The Morgan fingerprint density at radius 3 is 2.62 bits per heavy atom. The Labute approximate surface area is 85.6 Å². The lowest BCUT2D eigenvalue weighted by Gasteiger charge is -2.26. The third-order valence-electron chi connectivity index (χ3n) is 2.76. The van der Waals surface area contributed by atoms with E-state index in [9.17, 15) is 8.42 Å². The van der Waals surface area contributed by atoms with Crippen LogP contribution in [0.3, 0.4) is 0 Å². The van der Waals surface area contributed by atoms with Gasteiger partial charge < -0.3 is 0 Å². The Kier molecular flexibility index (Phi) is 4.05. The summed E-state index contributed by atoms with van der Waals surface area (Å²) < 4.78 is 23.3. The Morgan fingerprint density at radius 2 is 2.08 bits per heavy atom. The van der Waals surface area contributed by atoms with Gasteiger partial charge in [-0.2, -0.15) is 0 Å². The van der Waals surface area contributed by atoms with Gasteiger partial charge in [-0.05, 0) is 18.8 Å².